The second-order valence-corrected chi connectivity index (χ2v) is 3.58. The van der Waals surface area contributed by atoms with Gasteiger partial charge in [0.1, 0.15) is 5.82 Å². The van der Waals surface area contributed by atoms with E-state index in [1.54, 1.807) is 0 Å². The molecule has 3 N–H and O–H groups in total. The van der Waals surface area contributed by atoms with Crippen molar-refractivity contribution >= 4 is 11.6 Å². The van der Waals surface area contributed by atoms with Gasteiger partial charge >= 0.3 is 0 Å². The maximum absolute atomic E-state index is 12.6. The highest BCUT2D eigenvalue weighted by atomic mass is 19.1. The molecule has 0 spiro atoms. The van der Waals surface area contributed by atoms with E-state index < -0.39 is 0 Å². The van der Waals surface area contributed by atoms with Gasteiger partial charge in [-0.15, -0.1) is 0 Å². The highest BCUT2D eigenvalue weighted by Gasteiger charge is 2.05. The molecule has 0 aliphatic carbocycles. The number of nitrogens with two attached hydrogens (primary N) is 1. The fraction of sp³-hybridized carbons (Fsp3) is 0.364. The molecule has 1 aromatic carbocycles. The van der Waals surface area contributed by atoms with Gasteiger partial charge in [-0.3, -0.25) is 9.69 Å². The third-order valence-electron chi connectivity index (χ3n) is 2.05. The van der Waals surface area contributed by atoms with Crippen LogP contribution in [-0.2, 0) is 4.79 Å². The molecule has 0 saturated heterocycles. The molecule has 0 atom stereocenters. The number of hydrogen-bond donors (Lipinski definition) is 2. The number of amides is 1. The average Bonchev–Trinajstić information content (AvgIpc) is 2.21. The molecule has 0 bridgehead atoms. The summed E-state index contributed by atoms with van der Waals surface area (Å²) in [5.41, 5.74) is 5.95. The summed E-state index contributed by atoms with van der Waals surface area (Å²) in [4.78, 5) is 13.3. The standard InChI is InChI=1S/C11H16FN3O/c1-15(7-6-13)8-11(16)14-10-4-2-9(12)3-5-10/h2-5H,6-8,13H2,1H3,(H,14,16). The fourth-order valence-corrected chi connectivity index (χ4v) is 1.28. The Kier molecular flexibility index (Phi) is 4.88. The Labute approximate surface area is 94.2 Å². The topological polar surface area (TPSA) is 58.4 Å². The molecule has 0 aliphatic rings. The number of hydrogen-bond acceptors (Lipinski definition) is 3. The van der Waals surface area contributed by atoms with Gasteiger partial charge in [-0.1, -0.05) is 0 Å². The van der Waals surface area contributed by atoms with Crippen molar-refractivity contribution in [2.75, 3.05) is 32.0 Å². The highest BCUT2D eigenvalue weighted by Crippen LogP contribution is 2.07. The number of likely N-dealkylation sites (N-methyl/N-ethyl adjacent to an activating group) is 1. The minimum atomic E-state index is -0.321. The van der Waals surface area contributed by atoms with Crippen LogP contribution in [0.2, 0.25) is 0 Å². The molecule has 4 nitrogen and oxygen atoms in total. The Bertz CT molecular complexity index is 340. The van der Waals surface area contributed by atoms with E-state index in [9.17, 15) is 9.18 Å². The van der Waals surface area contributed by atoms with Crippen LogP contribution in [0.3, 0.4) is 0 Å². The lowest BCUT2D eigenvalue weighted by atomic mass is 10.3. The minimum Gasteiger partial charge on any atom is -0.329 e. The number of benzene rings is 1. The zero-order valence-electron chi connectivity index (χ0n) is 9.24. The van der Waals surface area contributed by atoms with Crippen molar-refractivity contribution in [1.29, 1.82) is 0 Å². The van der Waals surface area contributed by atoms with E-state index in [1.807, 2.05) is 11.9 Å². The lowest BCUT2D eigenvalue weighted by molar-refractivity contribution is -0.117. The first-order valence-corrected chi connectivity index (χ1v) is 5.06. The summed E-state index contributed by atoms with van der Waals surface area (Å²) in [6.07, 6.45) is 0. The van der Waals surface area contributed by atoms with Crippen LogP contribution in [0.4, 0.5) is 10.1 Å². The molecule has 88 valence electrons. The minimum absolute atomic E-state index is 0.137. The van der Waals surface area contributed by atoms with E-state index in [2.05, 4.69) is 5.32 Å². The summed E-state index contributed by atoms with van der Waals surface area (Å²) in [5.74, 6) is -0.458. The molecule has 0 aliphatic heterocycles. The van der Waals surface area contributed by atoms with Crippen LogP contribution in [-0.4, -0.2) is 37.5 Å². The summed E-state index contributed by atoms with van der Waals surface area (Å²) in [6.45, 7) is 1.45. The van der Waals surface area contributed by atoms with Crippen LogP contribution in [0, 0.1) is 5.82 Å². The van der Waals surface area contributed by atoms with Crippen molar-refractivity contribution in [3.8, 4) is 0 Å². The van der Waals surface area contributed by atoms with E-state index in [0.717, 1.165) is 0 Å². The number of carbonyl (C=O) groups excluding carboxylic acids is 1. The van der Waals surface area contributed by atoms with Crippen molar-refractivity contribution in [1.82, 2.24) is 4.90 Å². The van der Waals surface area contributed by atoms with Crippen LogP contribution in [0.5, 0.6) is 0 Å². The van der Waals surface area contributed by atoms with Gasteiger partial charge in [0, 0.05) is 18.8 Å². The second-order valence-electron chi connectivity index (χ2n) is 3.58. The van der Waals surface area contributed by atoms with Crippen molar-refractivity contribution in [2.45, 2.75) is 0 Å². The molecule has 1 amide bonds. The maximum Gasteiger partial charge on any atom is 0.238 e. The molecule has 0 heterocycles. The first-order chi connectivity index (χ1) is 7.61. The third kappa shape index (κ3) is 4.37. The predicted molar refractivity (Wildman–Crippen MR) is 61.6 cm³/mol. The van der Waals surface area contributed by atoms with E-state index in [-0.39, 0.29) is 18.3 Å². The van der Waals surface area contributed by atoms with E-state index in [1.165, 1.54) is 24.3 Å². The van der Waals surface area contributed by atoms with Crippen molar-refractivity contribution in [3.63, 3.8) is 0 Å². The number of nitrogens with zero attached hydrogens (tertiary/aromatic N) is 1. The quantitative estimate of drug-likeness (QED) is 0.773. The molecular formula is C11H16FN3O. The van der Waals surface area contributed by atoms with Gasteiger partial charge in [0.2, 0.25) is 5.91 Å². The number of halogens is 1. The Morgan fingerprint density at radius 3 is 2.62 bits per heavy atom. The van der Waals surface area contributed by atoms with Crippen LogP contribution < -0.4 is 11.1 Å². The van der Waals surface area contributed by atoms with Crippen molar-refractivity contribution in [3.05, 3.63) is 30.1 Å². The van der Waals surface area contributed by atoms with Crippen LogP contribution in [0.15, 0.2) is 24.3 Å². The molecule has 0 saturated carbocycles. The first kappa shape index (κ1) is 12.6. The van der Waals surface area contributed by atoms with Gasteiger partial charge in [0.25, 0.3) is 0 Å². The van der Waals surface area contributed by atoms with Gasteiger partial charge in [0.15, 0.2) is 0 Å². The van der Waals surface area contributed by atoms with Crippen molar-refractivity contribution < 1.29 is 9.18 Å². The SMILES string of the molecule is CN(CCN)CC(=O)Nc1ccc(F)cc1. The molecule has 16 heavy (non-hydrogen) atoms. The van der Waals surface area contributed by atoms with Gasteiger partial charge in [-0.05, 0) is 31.3 Å². The second kappa shape index (κ2) is 6.19. The van der Waals surface area contributed by atoms with Gasteiger partial charge < -0.3 is 11.1 Å². The van der Waals surface area contributed by atoms with E-state index >= 15 is 0 Å². The lowest BCUT2D eigenvalue weighted by Crippen LogP contribution is -2.33. The third-order valence-corrected chi connectivity index (χ3v) is 2.05. The largest absolute Gasteiger partial charge is 0.329 e. The summed E-state index contributed by atoms with van der Waals surface area (Å²) in [5, 5.41) is 2.67. The molecule has 0 unspecified atom stereocenters. The zero-order valence-corrected chi connectivity index (χ0v) is 9.24. The number of nitrogens with one attached hydrogen (secondary N) is 1. The summed E-state index contributed by atoms with van der Waals surface area (Å²) < 4.78 is 12.6. The molecule has 5 heteroatoms. The Hall–Kier alpha value is -1.46. The first-order valence-electron chi connectivity index (χ1n) is 5.06. The van der Waals surface area contributed by atoms with Gasteiger partial charge in [0.05, 0.1) is 6.54 Å². The smallest absolute Gasteiger partial charge is 0.238 e. The molecule has 0 aromatic heterocycles. The number of carbonyl (C=O) groups is 1. The molecular weight excluding hydrogens is 209 g/mol. The molecule has 0 radical (unpaired) electrons. The zero-order chi connectivity index (χ0) is 12.0. The monoisotopic (exact) mass is 225 g/mol. The Morgan fingerprint density at radius 1 is 1.44 bits per heavy atom. The summed E-state index contributed by atoms with van der Waals surface area (Å²) in [7, 11) is 1.82. The number of anilines is 1. The normalized spacial score (nSPS) is 10.5. The van der Waals surface area contributed by atoms with Crippen LogP contribution in [0.25, 0.3) is 0 Å². The average molecular weight is 225 g/mol. The van der Waals surface area contributed by atoms with E-state index in [0.29, 0.717) is 18.8 Å². The lowest BCUT2D eigenvalue weighted by Gasteiger charge is -2.14. The summed E-state index contributed by atoms with van der Waals surface area (Å²) >= 11 is 0. The van der Waals surface area contributed by atoms with Crippen molar-refractivity contribution in [2.24, 2.45) is 5.73 Å². The molecule has 0 fully saturated rings. The van der Waals surface area contributed by atoms with Crippen LogP contribution >= 0.6 is 0 Å². The number of rotatable bonds is 5. The maximum atomic E-state index is 12.6. The molecule has 1 aromatic rings. The fourth-order valence-electron chi connectivity index (χ4n) is 1.28. The Balaban J connectivity index is 2.42. The van der Waals surface area contributed by atoms with Gasteiger partial charge in [-0.2, -0.15) is 0 Å². The predicted octanol–water partition coefficient (Wildman–Crippen LogP) is 0.655. The Morgan fingerprint density at radius 2 is 2.06 bits per heavy atom. The molecule has 1 rings (SSSR count). The van der Waals surface area contributed by atoms with E-state index in [4.69, 9.17) is 5.73 Å². The van der Waals surface area contributed by atoms with Crippen LogP contribution in [0.1, 0.15) is 0 Å². The highest BCUT2D eigenvalue weighted by molar-refractivity contribution is 5.92. The van der Waals surface area contributed by atoms with Gasteiger partial charge in [-0.25, -0.2) is 4.39 Å². The summed E-state index contributed by atoms with van der Waals surface area (Å²) in [6, 6.07) is 5.66.